The van der Waals surface area contributed by atoms with Gasteiger partial charge in [-0.25, -0.2) is 8.42 Å². The standard InChI is InChI=1S/C15H23NO2S/c1-13-6-2-3-7-14(13)9-11-19(17,18)12-15-8-4-5-10-16-15/h2-3,6-7,15-16H,4-5,8-12H2,1H3. The lowest BCUT2D eigenvalue weighted by atomic mass is 10.1. The zero-order valence-corrected chi connectivity index (χ0v) is 12.4. The average molecular weight is 281 g/mol. The van der Waals surface area contributed by atoms with Crippen LogP contribution in [-0.2, 0) is 16.3 Å². The van der Waals surface area contributed by atoms with Gasteiger partial charge in [0.25, 0.3) is 0 Å². The van der Waals surface area contributed by atoms with Gasteiger partial charge in [-0.1, -0.05) is 30.7 Å². The molecule has 1 heterocycles. The monoisotopic (exact) mass is 281 g/mol. The first kappa shape index (κ1) is 14.5. The van der Waals surface area contributed by atoms with Crippen LogP contribution in [0.2, 0.25) is 0 Å². The molecule has 0 aromatic heterocycles. The van der Waals surface area contributed by atoms with Crippen molar-refractivity contribution >= 4 is 9.84 Å². The number of nitrogens with one attached hydrogen (secondary N) is 1. The van der Waals surface area contributed by atoms with Crippen LogP contribution < -0.4 is 5.32 Å². The second kappa shape index (κ2) is 6.53. The minimum atomic E-state index is -2.96. The van der Waals surface area contributed by atoms with Gasteiger partial charge in [0.2, 0.25) is 0 Å². The fourth-order valence-electron chi connectivity index (χ4n) is 2.61. The summed E-state index contributed by atoms with van der Waals surface area (Å²) in [4.78, 5) is 0. The Morgan fingerprint density at radius 2 is 2.05 bits per heavy atom. The van der Waals surface area contributed by atoms with Crippen molar-refractivity contribution in [2.24, 2.45) is 0 Å². The Bertz CT molecular complexity index is 505. The number of rotatable bonds is 5. The van der Waals surface area contributed by atoms with Gasteiger partial charge in [-0.3, -0.25) is 0 Å². The Hall–Kier alpha value is -0.870. The molecule has 2 rings (SSSR count). The van der Waals surface area contributed by atoms with Crippen LogP contribution in [0.1, 0.15) is 30.4 Å². The number of hydrogen-bond acceptors (Lipinski definition) is 3. The van der Waals surface area contributed by atoms with Crippen molar-refractivity contribution in [2.45, 2.75) is 38.6 Å². The third kappa shape index (κ3) is 4.62. The Labute approximate surface area is 116 Å². The highest BCUT2D eigenvalue weighted by Gasteiger charge is 2.20. The maximum absolute atomic E-state index is 12.1. The lowest BCUT2D eigenvalue weighted by Crippen LogP contribution is -2.40. The molecule has 0 radical (unpaired) electrons. The Kier molecular flexibility index (Phi) is 4.99. The molecule has 0 amide bonds. The third-order valence-corrected chi connectivity index (χ3v) is 5.55. The third-order valence-electron chi connectivity index (χ3n) is 3.81. The summed E-state index contributed by atoms with van der Waals surface area (Å²) in [6, 6.07) is 8.17. The molecule has 1 saturated heterocycles. The quantitative estimate of drug-likeness (QED) is 0.899. The van der Waals surface area contributed by atoms with Gasteiger partial charge in [-0.05, 0) is 43.9 Å². The Balaban J connectivity index is 1.88. The molecule has 1 N–H and O–H groups in total. The molecule has 0 saturated carbocycles. The SMILES string of the molecule is Cc1ccccc1CCS(=O)(=O)CC1CCCCN1. The van der Waals surface area contributed by atoms with Crippen LogP contribution in [0.15, 0.2) is 24.3 Å². The smallest absolute Gasteiger partial charge is 0.152 e. The number of sulfone groups is 1. The van der Waals surface area contributed by atoms with Crippen molar-refractivity contribution in [3.8, 4) is 0 Å². The number of aryl methyl sites for hydroxylation is 2. The van der Waals surface area contributed by atoms with Crippen LogP contribution in [-0.4, -0.2) is 32.5 Å². The van der Waals surface area contributed by atoms with Crippen molar-refractivity contribution in [1.82, 2.24) is 5.32 Å². The van der Waals surface area contributed by atoms with E-state index in [-0.39, 0.29) is 11.8 Å². The summed E-state index contributed by atoms with van der Waals surface area (Å²) < 4.78 is 24.3. The van der Waals surface area contributed by atoms with E-state index in [4.69, 9.17) is 0 Å². The molecule has 1 aromatic rings. The molecule has 1 aromatic carbocycles. The van der Waals surface area contributed by atoms with E-state index in [0.29, 0.717) is 12.2 Å². The van der Waals surface area contributed by atoms with Crippen molar-refractivity contribution in [3.63, 3.8) is 0 Å². The summed E-state index contributed by atoms with van der Waals surface area (Å²) in [5.41, 5.74) is 2.32. The first-order valence-corrected chi connectivity index (χ1v) is 8.87. The van der Waals surface area contributed by atoms with Crippen molar-refractivity contribution in [2.75, 3.05) is 18.1 Å². The molecule has 1 atom stereocenters. The van der Waals surface area contributed by atoms with Crippen LogP contribution in [0.4, 0.5) is 0 Å². The normalized spacial score (nSPS) is 20.4. The maximum Gasteiger partial charge on any atom is 0.152 e. The van der Waals surface area contributed by atoms with Gasteiger partial charge in [-0.2, -0.15) is 0 Å². The van der Waals surface area contributed by atoms with E-state index in [1.807, 2.05) is 31.2 Å². The predicted molar refractivity (Wildman–Crippen MR) is 79.2 cm³/mol. The second-order valence-electron chi connectivity index (χ2n) is 5.44. The van der Waals surface area contributed by atoms with Crippen molar-refractivity contribution in [3.05, 3.63) is 35.4 Å². The summed E-state index contributed by atoms with van der Waals surface area (Å²) in [6.45, 7) is 2.99. The summed E-state index contributed by atoms with van der Waals surface area (Å²) in [5.74, 6) is 0.551. The van der Waals surface area contributed by atoms with Crippen LogP contribution in [0.25, 0.3) is 0 Å². The molecule has 106 valence electrons. The molecule has 0 bridgehead atoms. The molecule has 0 aliphatic carbocycles. The van der Waals surface area contributed by atoms with Gasteiger partial charge in [0.05, 0.1) is 11.5 Å². The molecule has 19 heavy (non-hydrogen) atoms. The summed E-state index contributed by atoms with van der Waals surface area (Å²) >= 11 is 0. The number of benzene rings is 1. The molecule has 3 nitrogen and oxygen atoms in total. The molecule has 1 unspecified atom stereocenters. The van der Waals surface area contributed by atoms with E-state index in [2.05, 4.69) is 5.32 Å². The average Bonchev–Trinajstić information content (AvgIpc) is 2.38. The fourth-order valence-corrected chi connectivity index (χ4v) is 4.21. The molecule has 0 spiro atoms. The van der Waals surface area contributed by atoms with E-state index in [9.17, 15) is 8.42 Å². The summed E-state index contributed by atoms with van der Waals surface area (Å²) in [7, 11) is -2.96. The minimum Gasteiger partial charge on any atom is -0.313 e. The van der Waals surface area contributed by atoms with Crippen molar-refractivity contribution in [1.29, 1.82) is 0 Å². The molecule has 1 aliphatic rings. The van der Waals surface area contributed by atoms with E-state index in [0.717, 1.165) is 24.9 Å². The molecule has 1 aliphatic heterocycles. The lowest BCUT2D eigenvalue weighted by Gasteiger charge is -2.23. The van der Waals surface area contributed by atoms with Gasteiger partial charge >= 0.3 is 0 Å². The molecular formula is C15H23NO2S. The van der Waals surface area contributed by atoms with Crippen LogP contribution in [0.3, 0.4) is 0 Å². The van der Waals surface area contributed by atoms with Gasteiger partial charge < -0.3 is 5.32 Å². The van der Waals surface area contributed by atoms with Crippen molar-refractivity contribution < 1.29 is 8.42 Å². The lowest BCUT2D eigenvalue weighted by molar-refractivity contribution is 0.423. The van der Waals surface area contributed by atoms with Gasteiger partial charge in [-0.15, -0.1) is 0 Å². The highest BCUT2D eigenvalue weighted by Crippen LogP contribution is 2.12. The van der Waals surface area contributed by atoms with E-state index < -0.39 is 9.84 Å². The van der Waals surface area contributed by atoms with Crippen LogP contribution >= 0.6 is 0 Å². The summed E-state index contributed by atoms with van der Waals surface area (Å²) in [6.07, 6.45) is 3.93. The topological polar surface area (TPSA) is 46.2 Å². The highest BCUT2D eigenvalue weighted by molar-refractivity contribution is 7.91. The largest absolute Gasteiger partial charge is 0.313 e. The van der Waals surface area contributed by atoms with E-state index >= 15 is 0 Å². The van der Waals surface area contributed by atoms with E-state index in [1.54, 1.807) is 0 Å². The summed E-state index contributed by atoms with van der Waals surface area (Å²) in [5, 5.41) is 3.31. The van der Waals surface area contributed by atoms with Crippen LogP contribution in [0, 0.1) is 6.92 Å². The minimum absolute atomic E-state index is 0.163. The highest BCUT2D eigenvalue weighted by atomic mass is 32.2. The zero-order chi connectivity index (χ0) is 13.7. The number of hydrogen-bond donors (Lipinski definition) is 1. The zero-order valence-electron chi connectivity index (χ0n) is 11.6. The van der Waals surface area contributed by atoms with E-state index in [1.165, 1.54) is 12.0 Å². The first-order valence-electron chi connectivity index (χ1n) is 7.05. The predicted octanol–water partition coefficient (Wildman–Crippen LogP) is 2.09. The maximum atomic E-state index is 12.1. The first-order chi connectivity index (χ1) is 9.07. The molecule has 4 heteroatoms. The fraction of sp³-hybridized carbons (Fsp3) is 0.600. The van der Waals surface area contributed by atoms with Gasteiger partial charge in [0.15, 0.2) is 9.84 Å². The molecular weight excluding hydrogens is 258 g/mol. The second-order valence-corrected chi connectivity index (χ2v) is 7.67. The number of piperidine rings is 1. The Morgan fingerprint density at radius 1 is 1.26 bits per heavy atom. The molecule has 1 fully saturated rings. The van der Waals surface area contributed by atoms with Crippen LogP contribution in [0.5, 0.6) is 0 Å². The van der Waals surface area contributed by atoms with Gasteiger partial charge in [0.1, 0.15) is 0 Å². The van der Waals surface area contributed by atoms with Gasteiger partial charge in [0, 0.05) is 6.04 Å². The Morgan fingerprint density at radius 3 is 2.74 bits per heavy atom.